The monoisotopic (exact) mass is 477 g/mol. The summed E-state index contributed by atoms with van der Waals surface area (Å²) in [7, 11) is -1.56. The van der Waals surface area contributed by atoms with E-state index in [1.54, 1.807) is 12.1 Å². The molecule has 0 spiro atoms. The molecule has 170 valence electrons. The number of hydrogen-bond donors (Lipinski definition) is 1. The second-order valence-electron chi connectivity index (χ2n) is 7.18. The van der Waals surface area contributed by atoms with Crippen molar-refractivity contribution in [1.82, 2.24) is 4.31 Å². The summed E-state index contributed by atoms with van der Waals surface area (Å²) >= 11 is 6.35. The van der Waals surface area contributed by atoms with Gasteiger partial charge in [-0.2, -0.15) is 13.2 Å². The molecule has 0 amide bonds. The molecule has 0 bridgehead atoms. The molecule has 0 aliphatic carbocycles. The van der Waals surface area contributed by atoms with E-state index in [9.17, 15) is 21.6 Å². The Balaban J connectivity index is 2.10. The quantitative estimate of drug-likeness (QED) is 0.677. The van der Waals surface area contributed by atoms with Crippen molar-refractivity contribution in [3.05, 3.63) is 53.1 Å². The number of alkyl halides is 3. The topological polar surface area (TPSA) is 61.9 Å². The third kappa shape index (κ3) is 5.08. The molecular weight excluding hydrogens is 455 g/mol. The van der Waals surface area contributed by atoms with E-state index in [1.165, 1.54) is 44.4 Å². The second kappa shape index (κ2) is 9.23. The SMILES string of the molecule is CN(C)S(=O)(=O)c1ccccc1C(Nc1cccc(Cl)c1N1CCOCC1)C(F)(F)F. The lowest BCUT2D eigenvalue weighted by Gasteiger charge is -2.33. The lowest BCUT2D eigenvalue weighted by Crippen LogP contribution is -2.37. The van der Waals surface area contributed by atoms with Crippen LogP contribution in [0.5, 0.6) is 0 Å². The molecule has 1 saturated heterocycles. The number of benzene rings is 2. The van der Waals surface area contributed by atoms with Crippen LogP contribution in [0.15, 0.2) is 47.4 Å². The van der Waals surface area contributed by atoms with Gasteiger partial charge < -0.3 is 15.0 Å². The summed E-state index contributed by atoms with van der Waals surface area (Å²) < 4.78 is 74.2. The van der Waals surface area contributed by atoms with Crippen molar-refractivity contribution in [3.8, 4) is 0 Å². The number of hydrogen-bond acceptors (Lipinski definition) is 5. The van der Waals surface area contributed by atoms with Gasteiger partial charge in [-0.25, -0.2) is 12.7 Å². The minimum atomic E-state index is -4.78. The van der Waals surface area contributed by atoms with Crippen molar-refractivity contribution >= 4 is 33.0 Å². The van der Waals surface area contributed by atoms with E-state index in [2.05, 4.69) is 5.32 Å². The Morgan fingerprint density at radius 1 is 1.10 bits per heavy atom. The highest BCUT2D eigenvalue weighted by atomic mass is 35.5. The van der Waals surface area contributed by atoms with Crippen molar-refractivity contribution in [1.29, 1.82) is 0 Å². The highest BCUT2D eigenvalue weighted by molar-refractivity contribution is 7.89. The highest BCUT2D eigenvalue weighted by Gasteiger charge is 2.44. The lowest BCUT2D eigenvalue weighted by molar-refractivity contribution is -0.144. The molecule has 1 aliphatic heterocycles. The Bertz CT molecular complexity index is 1030. The number of ether oxygens (including phenoxy) is 1. The van der Waals surface area contributed by atoms with Crippen molar-refractivity contribution in [2.75, 3.05) is 50.6 Å². The van der Waals surface area contributed by atoms with Crippen LogP contribution in [-0.2, 0) is 14.8 Å². The van der Waals surface area contributed by atoms with E-state index >= 15 is 0 Å². The zero-order valence-corrected chi connectivity index (χ0v) is 18.6. The summed E-state index contributed by atoms with van der Waals surface area (Å²) in [6.07, 6.45) is -4.78. The smallest absolute Gasteiger partial charge is 0.378 e. The fourth-order valence-corrected chi connectivity index (χ4v) is 4.80. The molecule has 1 N–H and O–H groups in total. The maximum Gasteiger partial charge on any atom is 0.412 e. The van der Waals surface area contributed by atoms with Gasteiger partial charge in [-0.1, -0.05) is 35.9 Å². The number of sulfonamides is 1. The molecular formula is C20H23ClF3N3O3S. The number of para-hydroxylation sites is 1. The van der Waals surface area contributed by atoms with Crippen LogP contribution in [0.25, 0.3) is 0 Å². The Hall–Kier alpha value is -2.01. The summed E-state index contributed by atoms with van der Waals surface area (Å²) in [5.41, 5.74) is 0.194. The molecule has 0 saturated carbocycles. The van der Waals surface area contributed by atoms with Crippen molar-refractivity contribution in [2.45, 2.75) is 17.1 Å². The van der Waals surface area contributed by atoms with Crippen LogP contribution in [0.2, 0.25) is 5.02 Å². The van der Waals surface area contributed by atoms with Crippen LogP contribution >= 0.6 is 11.6 Å². The first kappa shape index (κ1) is 23.6. The number of nitrogens with zero attached hydrogens (tertiary/aromatic N) is 2. The maximum atomic E-state index is 14.2. The standard InChI is InChI=1S/C20H23ClF3N3O3S/c1-26(2)31(28,29)17-9-4-3-6-14(17)19(20(22,23)24)25-16-8-5-7-15(21)18(16)27-10-12-30-13-11-27/h3-9,19,25H,10-13H2,1-2H3. The van der Waals surface area contributed by atoms with Gasteiger partial charge in [0.1, 0.15) is 6.04 Å². The summed E-state index contributed by atoms with van der Waals surface area (Å²) in [5, 5.41) is 2.81. The Kier molecular flexibility index (Phi) is 7.04. The average molecular weight is 478 g/mol. The zero-order chi connectivity index (χ0) is 22.8. The molecule has 31 heavy (non-hydrogen) atoms. The Morgan fingerprint density at radius 3 is 2.35 bits per heavy atom. The summed E-state index contributed by atoms with van der Waals surface area (Å²) in [6.45, 7) is 1.80. The first-order valence-electron chi connectivity index (χ1n) is 9.49. The number of anilines is 2. The van der Waals surface area contributed by atoms with Crippen LogP contribution < -0.4 is 10.2 Å². The average Bonchev–Trinajstić information content (AvgIpc) is 2.71. The summed E-state index contributed by atoms with van der Waals surface area (Å²) in [4.78, 5) is 1.44. The van der Waals surface area contributed by atoms with Crippen LogP contribution in [0.4, 0.5) is 24.5 Å². The molecule has 2 aromatic carbocycles. The molecule has 0 radical (unpaired) electrons. The van der Waals surface area contributed by atoms with E-state index in [-0.39, 0.29) is 5.69 Å². The zero-order valence-electron chi connectivity index (χ0n) is 17.0. The molecule has 1 fully saturated rings. The first-order chi connectivity index (χ1) is 14.5. The predicted octanol–water partition coefficient (Wildman–Crippen LogP) is 4.14. The fourth-order valence-electron chi connectivity index (χ4n) is 3.38. The van der Waals surface area contributed by atoms with Crippen LogP contribution in [0.1, 0.15) is 11.6 Å². The molecule has 11 heteroatoms. The van der Waals surface area contributed by atoms with Gasteiger partial charge in [0.2, 0.25) is 10.0 Å². The number of morpholine rings is 1. The maximum absolute atomic E-state index is 14.2. The van der Waals surface area contributed by atoms with Gasteiger partial charge in [0.15, 0.2) is 0 Å². The molecule has 2 aromatic rings. The number of nitrogens with one attached hydrogen (secondary N) is 1. The van der Waals surface area contributed by atoms with E-state index in [0.29, 0.717) is 37.0 Å². The van der Waals surface area contributed by atoms with Gasteiger partial charge in [0.05, 0.1) is 34.5 Å². The largest absolute Gasteiger partial charge is 0.412 e. The molecule has 6 nitrogen and oxygen atoms in total. The van der Waals surface area contributed by atoms with Crippen LogP contribution in [-0.4, -0.2) is 59.3 Å². The third-order valence-electron chi connectivity index (χ3n) is 4.93. The van der Waals surface area contributed by atoms with Crippen molar-refractivity contribution < 1.29 is 26.3 Å². The van der Waals surface area contributed by atoms with Gasteiger partial charge in [0, 0.05) is 32.7 Å². The molecule has 1 aliphatic rings. The van der Waals surface area contributed by atoms with Gasteiger partial charge in [0.25, 0.3) is 0 Å². The van der Waals surface area contributed by atoms with Crippen molar-refractivity contribution in [3.63, 3.8) is 0 Å². The molecule has 3 rings (SSSR count). The number of halogens is 4. The fraction of sp³-hybridized carbons (Fsp3) is 0.400. The van der Waals surface area contributed by atoms with Gasteiger partial charge >= 0.3 is 6.18 Å². The Labute approximate surface area is 184 Å². The van der Waals surface area contributed by atoms with E-state index < -0.39 is 32.7 Å². The Morgan fingerprint density at radius 2 is 1.74 bits per heavy atom. The van der Waals surface area contributed by atoms with Gasteiger partial charge in [-0.3, -0.25) is 0 Å². The molecule has 1 atom stereocenters. The summed E-state index contributed by atoms with van der Waals surface area (Å²) in [5.74, 6) is 0. The van der Waals surface area contributed by atoms with E-state index in [4.69, 9.17) is 16.3 Å². The lowest BCUT2D eigenvalue weighted by atomic mass is 10.1. The normalized spacial score (nSPS) is 16.4. The van der Waals surface area contributed by atoms with Gasteiger partial charge in [-0.15, -0.1) is 0 Å². The van der Waals surface area contributed by atoms with Crippen molar-refractivity contribution in [2.24, 2.45) is 0 Å². The third-order valence-corrected chi connectivity index (χ3v) is 7.12. The summed E-state index contributed by atoms with van der Waals surface area (Å²) in [6, 6.07) is 7.49. The van der Waals surface area contributed by atoms with Gasteiger partial charge in [-0.05, 0) is 18.2 Å². The van der Waals surface area contributed by atoms with E-state index in [1.807, 2.05) is 4.90 Å². The minimum absolute atomic E-state index is 0.161. The molecule has 0 aromatic heterocycles. The highest BCUT2D eigenvalue weighted by Crippen LogP contribution is 2.42. The second-order valence-corrected chi connectivity index (χ2v) is 9.71. The first-order valence-corrected chi connectivity index (χ1v) is 11.3. The van der Waals surface area contributed by atoms with Crippen LogP contribution in [0.3, 0.4) is 0 Å². The van der Waals surface area contributed by atoms with Crippen LogP contribution in [0, 0.1) is 0 Å². The predicted molar refractivity (Wildman–Crippen MR) is 114 cm³/mol. The number of rotatable bonds is 6. The molecule has 1 heterocycles. The molecule has 1 unspecified atom stereocenters. The van der Waals surface area contributed by atoms with E-state index in [0.717, 1.165) is 4.31 Å². The minimum Gasteiger partial charge on any atom is -0.378 e.